The van der Waals surface area contributed by atoms with Gasteiger partial charge in [-0.05, 0) is 72.4 Å². The second-order valence-electron chi connectivity index (χ2n) is 9.84. The van der Waals surface area contributed by atoms with Gasteiger partial charge in [0.25, 0.3) is 0 Å². The molecule has 0 amide bonds. The van der Waals surface area contributed by atoms with E-state index in [2.05, 4.69) is 6.92 Å². The summed E-state index contributed by atoms with van der Waals surface area (Å²) in [5, 5.41) is 9.43. The highest BCUT2D eigenvalue weighted by Gasteiger charge is 2.37. The Morgan fingerprint density at radius 1 is 1.12 bits per heavy atom. The van der Waals surface area contributed by atoms with E-state index in [4.69, 9.17) is 11.6 Å². The molecular formula is C27H33ClO4S. The smallest absolute Gasteiger partial charge is 0.185 e. The van der Waals surface area contributed by atoms with Crippen LogP contribution < -0.4 is 0 Å². The van der Waals surface area contributed by atoms with E-state index in [1.54, 1.807) is 18.2 Å². The molecule has 1 fully saturated rings. The summed E-state index contributed by atoms with van der Waals surface area (Å²) in [7, 11) is -3.70. The number of hydrogen-bond acceptors (Lipinski definition) is 4. The Bertz CT molecular complexity index is 1100. The molecule has 178 valence electrons. The summed E-state index contributed by atoms with van der Waals surface area (Å²) < 4.78 is 27.2. The van der Waals surface area contributed by atoms with Crippen molar-refractivity contribution in [1.82, 2.24) is 0 Å². The molecule has 0 bridgehead atoms. The van der Waals surface area contributed by atoms with Gasteiger partial charge in [0.05, 0.1) is 10.1 Å². The number of rotatable bonds is 7. The van der Waals surface area contributed by atoms with Crippen LogP contribution in [0.5, 0.6) is 0 Å². The minimum Gasteiger partial charge on any atom is -0.396 e. The van der Waals surface area contributed by atoms with Gasteiger partial charge in [-0.15, -0.1) is 0 Å². The van der Waals surface area contributed by atoms with Gasteiger partial charge in [0.15, 0.2) is 9.84 Å². The molecule has 2 aliphatic rings. The number of aliphatic hydroxyl groups excluding tert-OH is 1. The van der Waals surface area contributed by atoms with Crippen LogP contribution in [0.3, 0.4) is 0 Å². The fourth-order valence-corrected chi connectivity index (χ4v) is 7.79. The number of fused-ring (bicyclic) bond motifs is 1. The highest BCUT2D eigenvalue weighted by Crippen LogP contribution is 2.42. The van der Waals surface area contributed by atoms with Gasteiger partial charge < -0.3 is 5.11 Å². The van der Waals surface area contributed by atoms with Gasteiger partial charge in [-0.3, -0.25) is 4.79 Å². The lowest BCUT2D eigenvalue weighted by molar-refractivity contribution is -0.123. The second-order valence-corrected chi connectivity index (χ2v) is 12.4. The van der Waals surface area contributed by atoms with Gasteiger partial charge in [-0.25, -0.2) is 8.42 Å². The van der Waals surface area contributed by atoms with Gasteiger partial charge in [-0.2, -0.15) is 0 Å². The Balaban J connectivity index is 1.63. The number of hydrogen-bond donors (Lipinski definition) is 1. The summed E-state index contributed by atoms with van der Waals surface area (Å²) in [6.07, 6.45) is 7.25. The fourth-order valence-electron chi connectivity index (χ4n) is 5.56. The van der Waals surface area contributed by atoms with Crippen molar-refractivity contribution in [3.8, 4) is 0 Å². The van der Waals surface area contributed by atoms with Crippen molar-refractivity contribution in [1.29, 1.82) is 0 Å². The number of aliphatic hydroxyl groups is 1. The topological polar surface area (TPSA) is 71.4 Å². The minimum atomic E-state index is -3.70. The number of sulfone groups is 1. The van der Waals surface area contributed by atoms with Crippen LogP contribution in [0.1, 0.15) is 67.4 Å². The van der Waals surface area contributed by atoms with Crippen LogP contribution in [-0.4, -0.2) is 25.9 Å². The molecule has 6 heteroatoms. The van der Waals surface area contributed by atoms with E-state index in [1.165, 1.54) is 25.3 Å². The van der Waals surface area contributed by atoms with Gasteiger partial charge in [-0.1, -0.05) is 62.1 Å². The lowest BCUT2D eigenvalue weighted by Gasteiger charge is -2.31. The lowest BCUT2D eigenvalue weighted by atomic mass is 9.77. The Morgan fingerprint density at radius 3 is 2.58 bits per heavy atom. The van der Waals surface area contributed by atoms with E-state index in [0.29, 0.717) is 30.2 Å². The standard InChI is InChI=1S/C27H33ClO4S/c1-18(21-6-3-2-4-7-21)26(30)14-19-10-11-22-12-20(17-29)15-27(25(22)13-19)33(31,32)24-9-5-8-23(28)16-24/h5,8-11,13,16,18,20-21,27,29H,2-4,6-7,12,14-15,17H2,1H3/t18-,20+,27?/m0/s1. The average Bonchev–Trinajstić information content (AvgIpc) is 2.83. The molecule has 0 aromatic heterocycles. The highest BCUT2D eigenvalue weighted by atomic mass is 35.5. The van der Waals surface area contributed by atoms with Crippen molar-refractivity contribution in [2.45, 2.75) is 68.4 Å². The number of ketones is 1. The first kappa shape index (κ1) is 24.4. The van der Waals surface area contributed by atoms with E-state index in [1.807, 2.05) is 18.2 Å². The van der Waals surface area contributed by atoms with Gasteiger partial charge in [0.2, 0.25) is 0 Å². The summed E-state index contributed by atoms with van der Waals surface area (Å²) in [4.78, 5) is 13.2. The molecule has 0 radical (unpaired) electrons. The summed E-state index contributed by atoms with van der Waals surface area (Å²) in [6.45, 7) is 2.00. The first-order chi connectivity index (χ1) is 15.8. The summed E-state index contributed by atoms with van der Waals surface area (Å²) in [6, 6.07) is 12.2. The Hall–Kier alpha value is -1.69. The monoisotopic (exact) mass is 488 g/mol. The predicted octanol–water partition coefficient (Wildman–Crippen LogP) is 5.74. The molecule has 4 nitrogen and oxygen atoms in total. The van der Waals surface area contributed by atoms with E-state index < -0.39 is 15.1 Å². The van der Waals surface area contributed by atoms with E-state index in [9.17, 15) is 18.3 Å². The summed E-state index contributed by atoms with van der Waals surface area (Å²) >= 11 is 6.08. The van der Waals surface area contributed by atoms with Crippen molar-refractivity contribution < 1.29 is 18.3 Å². The molecule has 33 heavy (non-hydrogen) atoms. The molecule has 1 N–H and O–H groups in total. The van der Waals surface area contributed by atoms with Crippen LogP contribution in [-0.2, 0) is 27.5 Å². The first-order valence-electron chi connectivity index (χ1n) is 12.0. The molecule has 2 aromatic carbocycles. The SMILES string of the molecule is C[C@H](C(=O)Cc1ccc2c(c1)C(S(=O)(=O)c1cccc(Cl)c1)C[C@H](CO)C2)C1CCCCC1. The zero-order chi connectivity index (χ0) is 23.6. The van der Waals surface area contributed by atoms with Crippen LogP contribution in [0.25, 0.3) is 0 Å². The van der Waals surface area contributed by atoms with Crippen LogP contribution in [0.2, 0.25) is 5.02 Å². The zero-order valence-electron chi connectivity index (χ0n) is 19.2. The van der Waals surface area contributed by atoms with Crippen LogP contribution in [0.4, 0.5) is 0 Å². The Labute approximate surface area is 202 Å². The maximum atomic E-state index is 13.6. The van der Waals surface area contributed by atoms with Gasteiger partial charge in [0, 0.05) is 24.0 Å². The summed E-state index contributed by atoms with van der Waals surface area (Å²) in [5.41, 5.74) is 2.57. The average molecular weight is 489 g/mol. The number of carbonyl (C=O) groups excluding carboxylic acids is 1. The molecule has 0 heterocycles. The van der Waals surface area contributed by atoms with Gasteiger partial charge in [0.1, 0.15) is 5.78 Å². The second kappa shape index (κ2) is 10.3. The lowest BCUT2D eigenvalue weighted by Crippen LogP contribution is -2.27. The largest absolute Gasteiger partial charge is 0.396 e. The molecule has 2 aromatic rings. The number of halogens is 1. The first-order valence-corrected chi connectivity index (χ1v) is 14.0. The predicted molar refractivity (Wildman–Crippen MR) is 131 cm³/mol. The molecule has 0 spiro atoms. The normalized spacial score (nSPS) is 22.5. The molecule has 2 aliphatic carbocycles. The number of Topliss-reactive ketones (excluding diaryl/α,β-unsaturated/α-hetero) is 1. The van der Waals surface area contributed by atoms with Crippen molar-refractivity contribution in [3.63, 3.8) is 0 Å². The number of benzene rings is 2. The van der Waals surface area contributed by atoms with Crippen molar-refractivity contribution in [3.05, 3.63) is 64.2 Å². The van der Waals surface area contributed by atoms with E-state index in [0.717, 1.165) is 29.5 Å². The molecule has 4 rings (SSSR count). The third-order valence-electron chi connectivity index (χ3n) is 7.61. The van der Waals surface area contributed by atoms with Crippen molar-refractivity contribution in [2.75, 3.05) is 6.61 Å². The molecule has 1 saturated carbocycles. The van der Waals surface area contributed by atoms with Gasteiger partial charge >= 0.3 is 0 Å². The van der Waals surface area contributed by atoms with Crippen molar-refractivity contribution >= 4 is 27.2 Å². The van der Waals surface area contributed by atoms with Crippen LogP contribution >= 0.6 is 11.6 Å². The molecular weight excluding hydrogens is 456 g/mol. The zero-order valence-corrected chi connectivity index (χ0v) is 20.7. The van der Waals surface area contributed by atoms with Crippen molar-refractivity contribution in [2.24, 2.45) is 17.8 Å². The third kappa shape index (κ3) is 5.36. The molecule has 1 unspecified atom stereocenters. The summed E-state index contributed by atoms with van der Waals surface area (Å²) in [5.74, 6) is 0.617. The third-order valence-corrected chi connectivity index (χ3v) is 9.96. The highest BCUT2D eigenvalue weighted by molar-refractivity contribution is 7.91. The molecule has 0 aliphatic heterocycles. The number of carbonyl (C=O) groups is 1. The van der Waals surface area contributed by atoms with Crippen LogP contribution in [0.15, 0.2) is 47.4 Å². The Kier molecular flexibility index (Phi) is 7.62. The maximum Gasteiger partial charge on any atom is 0.185 e. The Morgan fingerprint density at radius 2 is 1.88 bits per heavy atom. The van der Waals surface area contributed by atoms with E-state index in [-0.39, 0.29) is 29.1 Å². The van der Waals surface area contributed by atoms with E-state index >= 15 is 0 Å². The maximum absolute atomic E-state index is 13.6. The quantitative estimate of drug-likeness (QED) is 0.539. The van der Waals surface area contributed by atoms with Crippen LogP contribution in [0, 0.1) is 17.8 Å². The minimum absolute atomic E-state index is 0.0334. The molecule has 0 saturated heterocycles. The fraction of sp³-hybridized carbons (Fsp3) is 0.519. The molecule has 3 atom stereocenters.